The van der Waals surface area contributed by atoms with Crippen LogP contribution in [0, 0.1) is 6.92 Å². The van der Waals surface area contributed by atoms with E-state index >= 15 is 0 Å². The van der Waals surface area contributed by atoms with E-state index in [0.717, 1.165) is 16.8 Å². The second-order valence-corrected chi connectivity index (χ2v) is 3.57. The van der Waals surface area contributed by atoms with Gasteiger partial charge in [0.05, 0.1) is 5.56 Å². The molecule has 0 unspecified atom stereocenters. The van der Waals surface area contributed by atoms with Gasteiger partial charge < -0.3 is 5.11 Å². The van der Waals surface area contributed by atoms with Gasteiger partial charge in [-0.2, -0.15) is 0 Å². The predicted molar refractivity (Wildman–Crippen MR) is 72.7 cm³/mol. The normalized spacial score (nSPS) is 9.28. The molecule has 0 aliphatic heterocycles. The van der Waals surface area contributed by atoms with Gasteiger partial charge in [-0.15, -0.1) is 0 Å². The number of hydrogen-bond acceptors (Lipinski definition) is 2. The highest BCUT2D eigenvalue weighted by Crippen LogP contribution is 2.19. The number of hydrogen-bond donors (Lipinski definition) is 1. The van der Waals surface area contributed by atoms with Gasteiger partial charge in [0.1, 0.15) is 0 Å². The van der Waals surface area contributed by atoms with Crippen molar-refractivity contribution in [3.8, 4) is 11.1 Å². The third kappa shape index (κ3) is 3.42. The summed E-state index contributed by atoms with van der Waals surface area (Å²) in [5.41, 5.74) is 3.29. The number of nitrogens with zero attached hydrogens (tertiary/aromatic N) is 1. The number of aryl methyl sites for hydroxylation is 1. The summed E-state index contributed by atoms with van der Waals surface area (Å²) >= 11 is 0. The van der Waals surface area contributed by atoms with Gasteiger partial charge in [-0.25, -0.2) is 4.79 Å². The molecule has 0 radical (unpaired) electrons. The van der Waals surface area contributed by atoms with E-state index in [2.05, 4.69) is 4.98 Å². The molecule has 0 spiro atoms. The molecule has 1 N–H and O–H groups in total. The first-order chi connectivity index (χ1) is 8.66. The molecule has 1 aromatic carbocycles. The van der Waals surface area contributed by atoms with E-state index in [9.17, 15) is 4.79 Å². The van der Waals surface area contributed by atoms with Gasteiger partial charge in [0.25, 0.3) is 0 Å². The van der Waals surface area contributed by atoms with Crippen molar-refractivity contribution in [3.63, 3.8) is 0 Å². The topological polar surface area (TPSA) is 50.2 Å². The highest BCUT2D eigenvalue weighted by Gasteiger charge is 2.03. The summed E-state index contributed by atoms with van der Waals surface area (Å²) < 4.78 is 0. The van der Waals surface area contributed by atoms with Gasteiger partial charge >= 0.3 is 5.97 Å². The molecule has 94 valence electrons. The van der Waals surface area contributed by atoms with Crippen LogP contribution >= 0.6 is 0 Å². The lowest BCUT2D eigenvalue weighted by atomic mass is 10.0. The standard InChI is InChI=1S/C13H11NO2.C2H6/c1-9-8-12(6-7-14-9)10-2-4-11(5-3-10)13(15)16;1-2/h2-8H,1H3,(H,15,16);1-2H3. The Morgan fingerprint density at radius 2 is 1.67 bits per heavy atom. The van der Waals surface area contributed by atoms with Crippen LogP contribution in [0.3, 0.4) is 0 Å². The molecule has 1 heterocycles. The molecule has 0 amide bonds. The van der Waals surface area contributed by atoms with Crippen molar-refractivity contribution in [2.24, 2.45) is 0 Å². The maximum absolute atomic E-state index is 10.7. The molecule has 0 saturated heterocycles. The van der Waals surface area contributed by atoms with Gasteiger partial charge in [-0.05, 0) is 42.3 Å². The van der Waals surface area contributed by atoms with Crippen LogP contribution in [0.4, 0.5) is 0 Å². The number of aromatic carboxylic acids is 1. The lowest BCUT2D eigenvalue weighted by Crippen LogP contribution is -1.95. The molecular formula is C15H17NO2. The SMILES string of the molecule is CC.Cc1cc(-c2ccc(C(=O)O)cc2)ccn1. The van der Waals surface area contributed by atoms with Gasteiger partial charge in [-0.1, -0.05) is 26.0 Å². The quantitative estimate of drug-likeness (QED) is 0.873. The molecule has 0 aliphatic carbocycles. The van der Waals surface area contributed by atoms with Crippen molar-refractivity contribution in [1.82, 2.24) is 4.98 Å². The van der Waals surface area contributed by atoms with Crippen LogP contribution in [0.25, 0.3) is 11.1 Å². The molecule has 3 nitrogen and oxygen atoms in total. The fraction of sp³-hybridized carbons (Fsp3) is 0.200. The molecule has 0 fully saturated rings. The molecule has 2 rings (SSSR count). The highest BCUT2D eigenvalue weighted by atomic mass is 16.4. The number of aromatic nitrogens is 1. The lowest BCUT2D eigenvalue weighted by molar-refractivity contribution is 0.0697. The minimum absolute atomic E-state index is 0.300. The summed E-state index contributed by atoms with van der Waals surface area (Å²) in [6.45, 7) is 5.93. The van der Waals surface area contributed by atoms with Gasteiger partial charge in [-0.3, -0.25) is 4.98 Å². The van der Waals surface area contributed by atoms with E-state index in [-0.39, 0.29) is 0 Å². The number of carboxylic acids is 1. The van der Waals surface area contributed by atoms with Crippen molar-refractivity contribution in [2.75, 3.05) is 0 Å². The summed E-state index contributed by atoms with van der Waals surface area (Å²) in [6.07, 6.45) is 1.75. The average Bonchev–Trinajstić information content (AvgIpc) is 2.41. The van der Waals surface area contributed by atoms with Crippen molar-refractivity contribution in [1.29, 1.82) is 0 Å². The van der Waals surface area contributed by atoms with Crippen molar-refractivity contribution >= 4 is 5.97 Å². The molecule has 0 aliphatic rings. The molecule has 3 heteroatoms. The zero-order valence-corrected chi connectivity index (χ0v) is 10.8. The first-order valence-electron chi connectivity index (χ1n) is 5.93. The first kappa shape index (κ1) is 13.9. The van der Waals surface area contributed by atoms with E-state index < -0.39 is 5.97 Å². The van der Waals surface area contributed by atoms with Crippen molar-refractivity contribution < 1.29 is 9.90 Å². The maximum atomic E-state index is 10.7. The van der Waals surface area contributed by atoms with E-state index in [0.29, 0.717) is 5.56 Å². The van der Waals surface area contributed by atoms with E-state index in [1.807, 2.05) is 32.9 Å². The Morgan fingerprint density at radius 3 is 2.17 bits per heavy atom. The largest absolute Gasteiger partial charge is 0.478 e. The molecule has 18 heavy (non-hydrogen) atoms. The minimum Gasteiger partial charge on any atom is -0.478 e. The highest BCUT2D eigenvalue weighted by molar-refractivity contribution is 5.88. The lowest BCUT2D eigenvalue weighted by Gasteiger charge is -2.02. The Hall–Kier alpha value is -2.16. The summed E-state index contributed by atoms with van der Waals surface area (Å²) in [5, 5.41) is 8.78. The van der Waals surface area contributed by atoms with Crippen LogP contribution in [0.2, 0.25) is 0 Å². The smallest absolute Gasteiger partial charge is 0.335 e. The number of benzene rings is 1. The summed E-state index contributed by atoms with van der Waals surface area (Å²) in [4.78, 5) is 14.8. The summed E-state index contributed by atoms with van der Waals surface area (Å²) in [5.74, 6) is -0.905. The third-order valence-corrected chi connectivity index (χ3v) is 2.36. The molecule has 1 aromatic heterocycles. The average molecular weight is 243 g/mol. The third-order valence-electron chi connectivity index (χ3n) is 2.36. The second kappa shape index (κ2) is 6.55. The van der Waals surface area contributed by atoms with Crippen LogP contribution in [0.15, 0.2) is 42.6 Å². The molecule has 2 aromatic rings. The molecule has 0 saturated carbocycles. The Morgan fingerprint density at radius 1 is 1.06 bits per heavy atom. The van der Waals surface area contributed by atoms with Gasteiger partial charge in [0, 0.05) is 11.9 Å². The number of pyridine rings is 1. The Balaban J connectivity index is 0.000000771. The van der Waals surface area contributed by atoms with Crippen LogP contribution in [-0.2, 0) is 0 Å². The van der Waals surface area contributed by atoms with Crippen molar-refractivity contribution in [2.45, 2.75) is 20.8 Å². The van der Waals surface area contributed by atoms with Crippen LogP contribution in [0.5, 0.6) is 0 Å². The summed E-state index contributed by atoms with van der Waals surface area (Å²) in [6, 6.07) is 10.7. The van der Waals surface area contributed by atoms with Gasteiger partial charge in [0.15, 0.2) is 0 Å². The van der Waals surface area contributed by atoms with Gasteiger partial charge in [0.2, 0.25) is 0 Å². The van der Waals surface area contributed by atoms with Crippen molar-refractivity contribution in [3.05, 3.63) is 53.9 Å². The summed E-state index contributed by atoms with van der Waals surface area (Å²) in [7, 11) is 0. The number of carbonyl (C=O) groups is 1. The monoisotopic (exact) mass is 243 g/mol. The molecular weight excluding hydrogens is 226 g/mol. The Labute approximate surface area is 107 Å². The zero-order chi connectivity index (χ0) is 13.5. The fourth-order valence-corrected chi connectivity index (χ4v) is 1.53. The maximum Gasteiger partial charge on any atom is 0.335 e. The Bertz CT molecular complexity index is 518. The minimum atomic E-state index is -0.905. The van der Waals surface area contributed by atoms with E-state index in [4.69, 9.17) is 5.11 Å². The van der Waals surface area contributed by atoms with Crippen LogP contribution in [-0.4, -0.2) is 16.1 Å². The first-order valence-corrected chi connectivity index (χ1v) is 5.93. The molecule has 0 atom stereocenters. The van der Waals surface area contributed by atoms with Crippen LogP contribution in [0.1, 0.15) is 29.9 Å². The van der Waals surface area contributed by atoms with Crippen LogP contribution < -0.4 is 0 Å². The predicted octanol–water partition coefficient (Wildman–Crippen LogP) is 3.78. The molecule has 0 bridgehead atoms. The zero-order valence-electron chi connectivity index (χ0n) is 10.8. The van der Waals surface area contributed by atoms with E-state index in [1.54, 1.807) is 30.5 Å². The fourth-order valence-electron chi connectivity index (χ4n) is 1.53. The number of carboxylic acid groups (broad SMARTS) is 1. The Kier molecular flexibility index (Phi) is 5.06. The number of rotatable bonds is 2. The second-order valence-electron chi connectivity index (χ2n) is 3.57. The van der Waals surface area contributed by atoms with E-state index in [1.165, 1.54) is 0 Å².